The number of hydrogen-bond donors (Lipinski definition) is 2. The zero-order valence-corrected chi connectivity index (χ0v) is 17.4. The van der Waals surface area contributed by atoms with Crippen molar-refractivity contribution in [3.8, 4) is 11.4 Å². The van der Waals surface area contributed by atoms with E-state index in [1.807, 2.05) is 42.0 Å². The monoisotopic (exact) mass is 430 g/mol. The molecule has 150 valence electrons. The third-order valence-electron chi connectivity index (χ3n) is 4.04. The number of methoxy groups -OCH3 is 1. The van der Waals surface area contributed by atoms with Gasteiger partial charge in [-0.05, 0) is 36.8 Å². The summed E-state index contributed by atoms with van der Waals surface area (Å²) in [4.78, 5) is 28.8. The third-order valence-corrected chi connectivity index (χ3v) is 5.24. The van der Waals surface area contributed by atoms with Gasteiger partial charge in [0.2, 0.25) is 5.91 Å². The number of aromatic nitrogens is 2. The van der Waals surface area contributed by atoms with Crippen LogP contribution < -0.4 is 15.6 Å². The number of para-hydroxylation sites is 1. The SMILES string of the molecule is COc1ccc(Cl)cc1C(=O)NNC(=O)CSc1nccn1-c1ccccc1C. The Hall–Kier alpha value is -2.97. The van der Waals surface area contributed by atoms with Crippen LogP contribution in [0.3, 0.4) is 0 Å². The van der Waals surface area contributed by atoms with Gasteiger partial charge < -0.3 is 4.74 Å². The number of ether oxygens (including phenoxy) is 1. The molecule has 3 rings (SSSR count). The minimum absolute atomic E-state index is 0.0792. The summed E-state index contributed by atoms with van der Waals surface area (Å²) >= 11 is 7.19. The second-order valence-corrected chi connectivity index (χ2v) is 7.38. The average Bonchev–Trinajstić information content (AvgIpc) is 3.19. The molecule has 2 N–H and O–H groups in total. The molecule has 0 fully saturated rings. The molecule has 0 bridgehead atoms. The first-order valence-corrected chi connectivity index (χ1v) is 10.0. The number of halogens is 1. The number of hydrazine groups is 1. The van der Waals surface area contributed by atoms with Gasteiger partial charge in [0.05, 0.1) is 24.1 Å². The van der Waals surface area contributed by atoms with Gasteiger partial charge in [-0.3, -0.25) is 25.0 Å². The molecular weight excluding hydrogens is 412 g/mol. The van der Waals surface area contributed by atoms with Crippen LogP contribution in [0, 0.1) is 6.92 Å². The number of rotatable bonds is 6. The summed E-state index contributed by atoms with van der Waals surface area (Å²) in [6, 6.07) is 12.6. The third kappa shape index (κ3) is 5.10. The molecule has 3 aromatic rings. The lowest BCUT2D eigenvalue weighted by Gasteiger charge is -2.11. The lowest BCUT2D eigenvalue weighted by atomic mass is 10.2. The molecule has 9 heteroatoms. The first-order chi connectivity index (χ1) is 14.0. The number of carbonyl (C=O) groups is 2. The number of imidazole rings is 1. The fourth-order valence-corrected chi connectivity index (χ4v) is 3.57. The highest BCUT2D eigenvalue weighted by atomic mass is 35.5. The highest BCUT2D eigenvalue weighted by Crippen LogP contribution is 2.23. The Balaban J connectivity index is 1.58. The van der Waals surface area contributed by atoms with E-state index >= 15 is 0 Å². The van der Waals surface area contributed by atoms with Gasteiger partial charge in [-0.1, -0.05) is 41.6 Å². The molecule has 29 heavy (non-hydrogen) atoms. The molecule has 0 aliphatic rings. The minimum atomic E-state index is -0.524. The molecular formula is C20H19ClN4O3S. The molecule has 0 radical (unpaired) electrons. The van der Waals surface area contributed by atoms with E-state index in [0.29, 0.717) is 15.9 Å². The van der Waals surface area contributed by atoms with Gasteiger partial charge in [-0.25, -0.2) is 4.98 Å². The average molecular weight is 431 g/mol. The van der Waals surface area contributed by atoms with Crippen LogP contribution in [-0.2, 0) is 4.79 Å². The number of amides is 2. The van der Waals surface area contributed by atoms with Gasteiger partial charge in [0, 0.05) is 17.4 Å². The predicted octanol–water partition coefficient (Wildman–Crippen LogP) is 3.40. The fraction of sp³-hybridized carbons (Fsp3) is 0.150. The van der Waals surface area contributed by atoms with Crippen LogP contribution in [-0.4, -0.2) is 34.2 Å². The molecule has 0 saturated heterocycles. The summed E-state index contributed by atoms with van der Waals surface area (Å²) in [6.07, 6.45) is 3.52. The van der Waals surface area contributed by atoms with Crippen LogP contribution in [0.15, 0.2) is 60.0 Å². The summed E-state index contributed by atoms with van der Waals surface area (Å²) in [7, 11) is 1.45. The molecule has 0 saturated carbocycles. The Morgan fingerprint density at radius 1 is 1.21 bits per heavy atom. The smallest absolute Gasteiger partial charge is 0.273 e. The fourth-order valence-electron chi connectivity index (χ4n) is 2.63. The van der Waals surface area contributed by atoms with Gasteiger partial charge >= 0.3 is 0 Å². The van der Waals surface area contributed by atoms with E-state index in [-0.39, 0.29) is 17.2 Å². The summed E-state index contributed by atoms with van der Waals surface area (Å²) < 4.78 is 7.06. The Bertz CT molecular complexity index is 1040. The number of aryl methyl sites for hydroxylation is 1. The quantitative estimate of drug-likeness (QED) is 0.462. The van der Waals surface area contributed by atoms with Gasteiger partial charge in [0.25, 0.3) is 5.91 Å². The van der Waals surface area contributed by atoms with Gasteiger partial charge in [-0.2, -0.15) is 0 Å². The molecule has 1 aromatic heterocycles. The van der Waals surface area contributed by atoms with E-state index in [2.05, 4.69) is 15.8 Å². The maximum Gasteiger partial charge on any atom is 0.273 e. The Morgan fingerprint density at radius 3 is 2.76 bits per heavy atom. The highest BCUT2D eigenvalue weighted by molar-refractivity contribution is 7.99. The maximum atomic E-state index is 12.3. The number of nitrogens with one attached hydrogen (secondary N) is 2. The lowest BCUT2D eigenvalue weighted by Crippen LogP contribution is -2.42. The molecule has 7 nitrogen and oxygen atoms in total. The Kier molecular flexibility index (Phi) is 6.79. The largest absolute Gasteiger partial charge is 0.496 e. The highest BCUT2D eigenvalue weighted by Gasteiger charge is 2.15. The van der Waals surface area contributed by atoms with Gasteiger partial charge in [0.15, 0.2) is 5.16 Å². The van der Waals surface area contributed by atoms with Crippen molar-refractivity contribution in [1.29, 1.82) is 0 Å². The molecule has 1 heterocycles. The Morgan fingerprint density at radius 2 is 2.00 bits per heavy atom. The Labute approximate surface area is 177 Å². The topological polar surface area (TPSA) is 85.2 Å². The number of thioether (sulfide) groups is 1. The second kappa shape index (κ2) is 9.49. The second-order valence-electron chi connectivity index (χ2n) is 6.00. The van der Waals surface area contributed by atoms with E-state index in [4.69, 9.17) is 16.3 Å². The summed E-state index contributed by atoms with van der Waals surface area (Å²) in [5.41, 5.74) is 7.07. The summed E-state index contributed by atoms with van der Waals surface area (Å²) in [5, 5.41) is 1.07. The number of carbonyl (C=O) groups excluding carboxylic acids is 2. The van der Waals surface area contributed by atoms with E-state index in [1.165, 1.54) is 24.9 Å². The standard InChI is InChI=1S/C20H19ClN4O3S/c1-13-5-3-4-6-16(13)25-10-9-22-20(25)29-12-18(26)23-24-19(27)15-11-14(21)7-8-17(15)28-2/h3-11H,12H2,1-2H3,(H,23,26)(H,24,27). The predicted molar refractivity (Wildman–Crippen MR) is 113 cm³/mol. The van der Waals surface area contributed by atoms with Gasteiger partial charge in [-0.15, -0.1) is 0 Å². The summed E-state index contributed by atoms with van der Waals surface area (Å²) in [5.74, 6) is -0.459. The first-order valence-electron chi connectivity index (χ1n) is 8.64. The number of hydrogen-bond acceptors (Lipinski definition) is 5. The van der Waals surface area contributed by atoms with Crippen molar-refractivity contribution < 1.29 is 14.3 Å². The molecule has 0 aliphatic heterocycles. The van der Waals surface area contributed by atoms with Crippen LogP contribution in [0.4, 0.5) is 0 Å². The van der Waals surface area contributed by atoms with Crippen LogP contribution in [0.1, 0.15) is 15.9 Å². The molecule has 0 atom stereocenters. The molecule has 0 spiro atoms. The van der Waals surface area contributed by atoms with Crippen molar-refractivity contribution >= 4 is 35.2 Å². The van der Waals surface area contributed by atoms with E-state index < -0.39 is 5.91 Å². The van der Waals surface area contributed by atoms with E-state index in [0.717, 1.165) is 11.3 Å². The zero-order valence-electron chi connectivity index (χ0n) is 15.8. The maximum absolute atomic E-state index is 12.3. The normalized spacial score (nSPS) is 10.4. The van der Waals surface area contributed by atoms with Crippen molar-refractivity contribution in [3.05, 3.63) is 71.0 Å². The van der Waals surface area contributed by atoms with Crippen molar-refractivity contribution in [2.75, 3.05) is 12.9 Å². The minimum Gasteiger partial charge on any atom is -0.496 e. The zero-order chi connectivity index (χ0) is 20.8. The molecule has 2 aromatic carbocycles. The van der Waals surface area contributed by atoms with Crippen molar-refractivity contribution in [2.24, 2.45) is 0 Å². The van der Waals surface area contributed by atoms with Gasteiger partial charge in [0.1, 0.15) is 5.75 Å². The van der Waals surface area contributed by atoms with E-state index in [1.54, 1.807) is 18.3 Å². The van der Waals surface area contributed by atoms with Crippen LogP contribution in [0.25, 0.3) is 5.69 Å². The molecule has 0 aliphatic carbocycles. The molecule has 0 unspecified atom stereocenters. The summed E-state index contributed by atoms with van der Waals surface area (Å²) in [6.45, 7) is 2.01. The van der Waals surface area contributed by atoms with Crippen LogP contribution in [0.2, 0.25) is 5.02 Å². The van der Waals surface area contributed by atoms with Crippen molar-refractivity contribution in [3.63, 3.8) is 0 Å². The van der Waals surface area contributed by atoms with Crippen molar-refractivity contribution in [2.45, 2.75) is 12.1 Å². The molecule has 2 amide bonds. The van der Waals surface area contributed by atoms with Crippen LogP contribution >= 0.6 is 23.4 Å². The lowest BCUT2D eigenvalue weighted by molar-refractivity contribution is -0.119. The van der Waals surface area contributed by atoms with Crippen molar-refractivity contribution in [1.82, 2.24) is 20.4 Å². The number of benzene rings is 2. The van der Waals surface area contributed by atoms with E-state index in [9.17, 15) is 9.59 Å². The number of nitrogens with zero attached hydrogens (tertiary/aromatic N) is 2. The first kappa shape index (κ1) is 20.8. The van der Waals surface area contributed by atoms with Crippen LogP contribution in [0.5, 0.6) is 5.75 Å².